The molecule has 3 aliphatic rings. The van der Waals surface area contributed by atoms with E-state index in [-0.39, 0.29) is 12.1 Å². The van der Waals surface area contributed by atoms with Crippen molar-refractivity contribution in [2.75, 3.05) is 9.80 Å². The Labute approximate surface area is 328 Å². The molecule has 0 spiro atoms. The SMILES string of the molecule is CC1(C)c2ccccc2-c2cc3c(oc4ccccc43)c(N3c4ccccc4B4c5ccccc5N(c5cccc6c5sc5ccccc56)c5cccc3c54)c21. The maximum Gasteiger partial charge on any atom is 0.252 e. The van der Waals surface area contributed by atoms with Crippen LogP contribution in [0.25, 0.3) is 53.2 Å². The van der Waals surface area contributed by atoms with E-state index in [0.29, 0.717) is 0 Å². The van der Waals surface area contributed by atoms with E-state index in [4.69, 9.17) is 4.42 Å². The predicted molar refractivity (Wildman–Crippen MR) is 238 cm³/mol. The molecule has 0 radical (unpaired) electrons. The minimum atomic E-state index is -0.273. The topological polar surface area (TPSA) is 19.6 Å². The van der Waals surface area contributed by atoms with Gasteiger partial charge in [-0.05, 0) is 87.2 Å². The smallest absolute Gasteiger partial charge is 0.252 e. The molecule has 2 aliphatic heterocycles. The van der Waals surface area contributed by atoms with Crippen molar-refractivity contribution in [3.63, 3.8) is 0 Å². The van der Waals surface area contributed by atoms with Crippen LogP contribution < -0.4 is 26.2 Å². The Hall–Kier alpha value is -6.56. The lowest BCUT2D eigenvalue weighted by Gasteiger charge is -2.44. The summed E-state index contributed by atoms with van der Waals surface area (Å²) in [5.41, 5.74) is 17.9. The second kappa shape index (κ2) is 10.8. The highest BCUT2D eigenvalue weighted by atomic mass is 32.1. The molecule has 13 rings (SSSR count). The highest BCUT2D eigenvalue weighted by molar-refractivity contribution is 7.26. The highest BCUT2D eigenvalue weighted by Crippen LogP contribution is 2.58. The monoisotopic (exact) mass is 732 g/mol. The average Bonchev–Trinajstić information content (AvgIpc) is 3.88. The van der Waals surface area contributed by atoms with Crippen LogP contribution in [0.15, 0.2) is 168 Å². The van der Waals surface area contributed by atoms with Crippen molar-refractivity contribution in [1.82, 2.24) is 0 Å². The quantitative estimate of drug-likeness (QED) is 0.165. The first kappa shape index (κ1) is 30.7. The predicted octanol–water partition coefficient (Wildman–Crippen LogP) is 12.3. The normalized spacial score (nSPS) is 14.6. The molecule has 0 unspecified atom stereocenters. The van der Waals surface area contributed by atoms with E-state index in [1.807, 2.05) is 11.3 Å². The second-order valence-electron chi connectivity index (χ2n) is 16.0. The Kier molecular flexibility index (Phi) is 5.93. The Morgan fingerprint density at radius 2 is 1.12 bits per heavy atom. The third-order valence-corrected chi connectivity index (χ3v) is 14.0. The van der Waals surface area contributed by atoms with Gasteiger partial charge in [0.05, 0.1) is 16.1 Å². The van der Waals surface area contributed by atoms with Crippen molar-refractivity contribution < 1.29 is 4.42 Å². The third-order valence-electron chi connectivity index (χ3n) is 12.8. The minimum Gasteiger partial charge on any atom is -0.454 e. The van der Waals surface area contributed by atoms with Gasteiger partial charge < -0.3 is 14.2 Å². The van der Waals surface area contributed by atoms with Crippen molar-refractivity contribution >= 4 is 111 Å². The molecule has 10 aromatic rings. The molecule has 3 nitrogen and oxygen atoms in total. The molecule has 2 aromatic heterocycles. The van der Waals surface area contributed by atoms with Gasteiger partial charge in [-0.25, -0.2) is 0 Å². The molecule has 0 fully saturated rings. The van der Waals surface area contributed by atoms with E-state index in [9.17, 15) is 0 Å². The molecule has 0 saturated carbocycles. The summed E-state index contributed by atoms with van der Waals surface area (Å²) in [7, 11) is 0. The molecule has 262 valence electrons. The molecule has 0 bridgehead atoms. The van der Waals surface area contributed by atoms with Crippen molar-refractivity contribution in [2.24, 2.45) is 0 Å². The number of rotatable bonds is 2. The Morgan fingerprint density at radius 3 is 1.96 bits per heavy atom. The summed E-state index contributed by atoms with van der Waals surface area (Å²) in [6, 6.07) is 60.6. The van der Waals surface area contributed by atoms with Crippen LogP contribution in [0.3, 0.4) is 0 Å². The first-order valence-electron chi connectivity index (χ1n) is 19.5. The van der Waals surface area contributed by atoms with Gasteiger partial charge in [0.1, 0.15) is 5.58 Å². The first-order chi connectivity index (χ1) is 27.6. The number of thiophene rings is 1. The van der Waals surface area contributed by atoms with E-state index in [1.54, 1.807) is 0 Å². The van der Waals surface area contributed by atoms with E-state index < -0.39 is 0 Å². The summed E-state index contributed by atoms with van der Waals surface area (Å²) in [6.45, 7) is 4.83. The van der Waals surface area contributed by atoms with E-state index >= 15 is 0 Å². The van der Waals surface area contributed by atoms with Gasteiger partial charge in [-0.15, -0.1) is 11.3 Å². The molecule has 0 atom stereocenters. The Morgan fingerprint density at radius 1 is 0.518 bits per heavy atom. The summed E-state index contributed by atoms with van der Waals surface area (Å²) >= 11 is 1.89. The van der Waals surface area contributed by atoms with Crippen LogP contribution in [0.5, 0.6) is 0 Å². The number of hydrogen-bond acceptors (Lipinski definition) is 4. The molecule has 0 N–H and O–H groups in total. The number of benzene rings is 8. The molecule has 8 aromatic carbocycles. The van der Waals surface area contributed by atoms with Crippen LogP contribution >= 0.6 is 11.3 Å². The largest absolute Gasteiger partial charge is 0.454 e. The molecular formula is C51H33BN2OS. The molecule has 5 heteroatoms. The van der Waals surface area contributed by atoms with Gasteiger partial charge in [0, 0.05) is 54.4 Å². The highest BCUT2D eigenvalue weighted by Gasteiger charge is 2.47. The van der Waals surface area contributed by atoms with Gasteiger partial charge in [-0.1, -0.05) is 129 Å². The Bertz CT molecular complexity index is 3340. The number of fused-ring (bicyclic) bond motifs is 13. The van der Waals surface area contributed by atoms with Gasteiger partial charge in [0.15, 0.2) is 5.58 Å². The zero-order valence-electron chi connectivity index (χ0n) is 30.9. The van der Waals surface area contributed by atoms with Crippen molar-refractivity contribution in [1.29, 1.82) is 0 Å². The maximum absolute atomic E-state index is 7.05. The standard InChI is InChI=1S/C51H33BN2OS/c1-51(2)36-19-6-3-15-30(36)34-29-35-31-16-4-11-27-44(31)55-49(35)48(46(34)51)54-40-23-10-8-21-38(40)52-37-20-7-9-22-39(37)53(41-24-14-25-42(54)47(41)52)43-26-13-18-33-32-17-5-12-28-45(32)56-50(33)43/h3-29H,1-2H3. The van der Waals surface area contributed by atoms with E-state index in [1.165, 1.54) is 87.3 Å². The third kappa shape index (κ3) is 3.78. The van der Waals surface area contributed by atoms with Gasteiger partial charge >= 0.3 is 0 Å². The summed E-state index contributed by atoms with van der Waals surface area (Å²) in [4.78, 5) is 5.11. The molecule has 0 saturated heterocycles. The lowest BCUT2D eigenvalue weighted by atomic mass is 9.33. The van der Waals surface area contributed by atoms with Crippen LogP contribution in [0.4, 0.5) is 34.1 Å². The maximum atomic E-state index is 7.05. The van der Waals surface area contributed by atoms with E-state index in [2.05, 4.69) is 187 Å². The number of para-hydroxylation sites is 3. The number of furan rings is 1. The number of hydrogen-bond donors (Lipinski definition) is 0. The van der Waals surface area contributed by atoms with E-state index in [0.717, 1.165) is 27.6 Å². The fourth-order valence-electron chi connectivity index (χ4n) is 10.5. The summed E-state index contributed by atoms with van der Waals surface area (Å²) in [6.07, 6.45) is 0. The van der Waals surface area contributed by atoms with Gasteiger partial charge in [-0.2, -0.15) is 0 Å². The lowest BCUT2D eigenvalue weighted by Crippen LogP contribution is -2.61. The molecule has 1 aliphatic carbocycles. The lowest BCUT2D eigenvalue weighted by molar-refractivity contribution is 0.648. The summed E-state index contributed by atoms with van der Waals surface area (Å²) in [5, 5.41) is 4.90. The molecule has 0 amide bonds. The Balaban J connectivity index is 1.16. The zero-order chi connectivity index (χ0) is 36.9. The van der Waals surface area contributed by atoms with Gasteiger partial charge in [-0.3, -0.25) is 0 Å². The van der Waals surface area contributed by atoms with Crippen molar-refractivity contribution in [3.8, 4) is 11.1 Å². The second-order valence-corrected chi connectivity index (χ2v) is 17.0. The summed E-state index contributed by atoms with van der Waals surface area (Å²) < 4.78 is 9.67. The molecule has 56 heavy (non-hydrogen) atoms. The fraction of sp³-hybridized carbons (Fsp3) is 0.0588. The van der Waals surface area contributed by atoms with Crippen LogP contribution in [-0.2, 0) is 5.41 Å². The van der Waals surface area contributed by atoms with Crippen LogP contribution in [0.1, 0.15) is 25.0 Å². The van der Waals surface area contributed by atoms with Crippen molar-refractivity contribution in [3.05, 3.63) is 175 Å². The zero-order valence-corrected chi connectivity index (χ0v) is 31.7. The van der Waals surface area contributed by atoms with Crippen LogP contribution in [-0.4, -0.2) is 6.71 Å². The fourth-order valence-corrected chi connectivity index (χ4v) is 11.7. The molecular weight excluding hydrogens is 699 g/mol. The van der Waals surface area contributed by atoms with Crippen molar-refractivity contribution in [2.45, 2.75) is 19.3 Å². The van der Waals surface area contributed by atoms with Crippen LogP contribution in [0.2, 0.25) is 0 Å². The number of nitrogens with zero attached hydrogens (tertiary/aromatic N) is 2. The van der Waals surface area contributed by atoms with Gasteiger partial charge in [0.2, 0.25) is 0 Å². The number of anilines is 6. The van der Waals surface area contributed by atoms with Gasteiger partial charge in [0.25, 0.3) is 6.71 Å². The molecule has 4 heterocycles. The first-order valence-corrected chi connectivity index (χ1v) is 20.3. The van der Waals surface area contributed by atoms with Crippen LogP contribution in [0, 0.1) is 0 Å². The average molecular weight is 733 g/mol. The summed E-state index contributed by atoms with van der Waals surface area (Å²) in [5.74, 6) is 0. The minimum absolute atomic E-state index is 0.0517.